The molecular weight excluding hydrogens is 362 g/mol. The second-order valence-corrected chi connectivity index (χ2v) is 8.00. The highest BCUT2D eigenvalue weighted by atomic mass is 32.2. The van der Waals surface area contributed by atoms with Crippen LogP contribution in [-0.2, 0) is 10.0 Å². The van der Waals surface area contributed by atoms with Gasteiger partial charge in [-0.15, -0.1) is 0 Å². The summed E-state index contributed by atoms with van der Waals surface area (Å²) in [4.78, 5) is 12.4. The Morgan fingerprint density at radius 2 is 1.44 bits per heavy atom. The molecule has 0 aromatic heterocycles. The SMILES string of the molecule is Cc1ccc(C(=O)Oc2ccc(N(C)S(=O)(=O)c3ccccc3)cc2)cc1. The lowest BCUT2D eigenvalue weighted by Gasteiger charge is -2.19. The summed E-state index contributed by atoms with van der Waals surface area (Å²) in [6.45, 7) is 1.94. The minimum atomic E-state index is -3.65. The van der Waals surface area contributed by atoms with Gasteiger partial charge in [0.25, 0.3) is 10.0 Å². The first-order chi connectivity index (χ1) is 12.9. The Morgan fingerprint density at radius 3 is 2.04 bits per heavy atom. The number of aryl methyl sites for hydroxylation is 1. The minimum Gasteiger partial charge on any atom is -0.423 e. The van der Waals surface area contributed by atoms with Gasteiger partial charge in [0.2, 0.25) is 0 Å². The van der Waals surface area contributed by atoms with E-state index in [2.05, 4.69) is 0 Å². The standard InChI is InChI=1S/C21H19NO4S/c1-16-8-10-17(11-9-16)21(23)26-19-14-12-18(13-15-19)22(2)27(24,25)20-6-4-3-5-7-20/h3-15H,1-2H3. The number of carbonyl (C=O) groups excluding carboxylic acids is 1. The average Bonchev–Trinajstić information content (AvgIpc) is 2.69. The Morgan fingerprint density at radius 1 is 0.852 bits per heavy atom. The fourth-order valence-corrected chi connectivity index (χ4v) is 3.69. The van der Waals surface area contributed by atoms with Crippen molar-refractivity contribution < 1.29 is 17.9 Å². The van der Waals surface area contributed by atoms with Crippen molar-refractivity contribution in [3.8, 4) is 5.75 Å². The van der Waals surface area contributed by atoms with Crippen LogP contribution in [0.3, 0.4) is 0 Å². The smallest absolute Gasteiger partial charge is 0.343 e. The maximum atomic E-state index is 12.6. The van der Waals surface area contributed by atoms with E-state index in [9.17, 15) is 13.2 Å². The molecule has 0 N–H and O–H groups in total. The van der Waals surface area contributed by atoms with Crippen LogP contribution >= 0.6 is 0 Å². The molecule has 0 radical (unpaired) electrons. The molecule has 0 aliphatic rings. The molecule has 0 atom stereocenters. The van der Waals surface area contributed by atoms with Gasteiger partial charge in [-0.05, 0) is 55.5 Å². The Balaban J connectivity index is 1.75. The summed E-state index contributed by atoms with van der Waals surface area (Å²) < 4.78 is 31.8. The number of esters is 1. The third-order valence-electron chi connectivity index (χ3n) is 4.10. The Kier molecular flexibility index (Phi) is 5.28. The molecule has 3 aromatic carbocycles. The van der Waals surface area contributed by atoms with Crippen molar-refractivity contribution in [2.24, 2.45) is 0 Å². The number of anilines is 1. The van der Waals surface area contributed by atoms with Crippen molar-refractivity contribution in [2.45, 2.75) is 11.8 Å². The van der Waals surface area contributed by atoms with Crippen LogP contribution in [0.25, 0.3) is 0 Å². The molecule has 27 heavy (non-hydrogen) atoms. The van der Waals surface area contributed by atoms with E-state index in [1.165, 1.54) is 11.4 Å². The molecule has 0 aliphatic carbocycles. The highest BCUT2D eigenvalue weighted by Crippen LogP contribution is 2.24. The summed E-state index contributed by atoms with van der Waals surface area (Å²) in [5, 5.41) is 0. The third-order valence-corrected chi connectivity index (χ3v) is 5.90. The van der Waals surface area contributed by atoms with Crippen LogP contribution in [0.2, 0.25) is 0 Å². The van der Waals surface area contributed by atoms with Crippen molar-refractivity contribution in [3.63, 3.8) is 0 Å². The molecule has 0 aliphatic heterocycles. The molecule has 0 amide bonds. The van der Waals surface area contributed by atoms with Gasteiger partial charge >= 0.3 is 5.97 Å². The van der Waals surface area contributed by atoms with Crippen LogP contribution in [0.1, 0.15) is 15.9 Å². The highest BCUT2D eigenvalue weighted by Gasteiger charge is 2.21. The molecule has 0 saturated heterocycles. The Bertz CT molecular complexity index is 1030. The van der Waals surface area contributed by atoms with Gasteiger partial charge in [0.15, 0.2) is 0 Å². The van der Waals surface area contributed by atoms with Crippen molar-refractivity contribution in [2.75, 3.05) is 11.4 Å². The van der Waals surface area contributed by atoms with Crippen molar-refractivity contribution in [1.29, 1.82) is 0 Å². The van der Waals surface area contributed by atoms with Crippen molar-refractivity contribution >= 4 is 21.7 Å². The largest absolute Gasteiger partial charge is 0.423 e. The molecule has 0 spiro atoms. The predicted molar refractivity (Wildman–Crippen MR) is 105 cm³/mol. The van der Waals surface area contributed by atoms with Gasteiger partial charge in [-0.1, -0.05) is 35.9 Å². The van der Waals surface area contributed by atoms with E-state index >= 15 is 0 Å². The first-order valence-corrected chi connectivity index (χ1v) is 9.75. The summed E-state index contributed by atoms with van der Waals surface area (Å²) in [5.41, 5.74) is 1.97. The number of hydrogen-bond acceptors (Lipinski definition) is 4. The third kappa shape index (κ3) is 4.17. The van der Waals surface area contributed by atoms with Crippen molar-refractivity contribution in [3.05, 3.63) is 90.0 Å². The zero-order valence-corrected chi connectivity index (χ0v) is 15.8. The summed E-state index contributed by atoms with van der Waals surface area (Å²) in [7, 11) is -2.17. The normalized spacial score (nSPS) is 11.0. The molecule has 6 heteroatoms. The highest BCUT2D eigenvalue weighted by molar-refractivity contribution is 7.92. The second-order valence-electron chi connectivity index (χ2n) is 6.04. The Labute approximate surface area is 158 Å². The van der Waals surface area contributed by atoms with E-state index in [0.29, 0.717) is 17.0 Å². The molecular formula is C21H19NO4S. The van der Waals surface area contributed by atoms with Crippen LogP contribution in [0.15, 0.2) is 83.8 Å². The molecule has 5 nitrogen and oxygen atoms in total. The summed E-state index contributed by atoms with van der Waals surface area (Å²) in [6.07, 6.45) is 0. The fourth-order valence-electron chi connectivity index (χ4n) is 2.47. The fraction of sp³-hybridized carbons (Fsp3) is 0.0952. The van der Waals surface area contributed by atoms with E-state index in [1.54, 1.807) is 66.7 Å². The quantitative estimate of drug-likeness (QED) is 0.494. The maximum absolute atomic E-state index is 12.6. The van der Waals surface area contributed by atoms with Crippen LogP contribution in [0.4, 0.5) is 5.69 Å². The van der Waals surface area contributed by atoms with E-state index in [-0.39, 0.29) is 4.90 Å². The summed E-state index contributed by atoms with van der Waals surface area (Å²) >= 11 is 0. The second kappa shape index (κ2) is 7.63. The van der Waals surface area contributed by atoms with E-state index < -0.39 is 16.0 Å². The van der Waals surface area contributed by atoms with Crippen LogP contribution in [-0.4, -0.2) is 21.4 Å². The number of rotatable bonds is 5. The van der Waals surface area contributed by atoms with E-state index in [4.69, 9.17) is 4.74 Å². The molecule has 0 fully saturated rings. The molecule has 0 heterocycles. The summed E-state index contributed by atoms with van der Waals surface area (Å²) in [5.74, 6) is -0.122. The minimum absolute atomic E-state index is 0.211. The number of ether oxygens (including phenoxy) is 1. The van der Waals surface area contributed by atoms with Gasteiger partial charge in [0.1, 0.15) is 5.75 Å². The van der Waals surface area contributed by atoms with Gasteiger partial charge in [-0.25, -0.2) is 13.2 Å². The average molecular weight is 381 g/mol. The lowest BCUT2D eigenvalue weighted by molar-refractivity contribution is 0.0734. The van der Waals surface area contributed by atoms with Crippen LogP contribution in [0.5, 0.6) is 5.75 Å². The maximum Gasteiger partial charge on any atom is 0.343 e. The van der Waals surface area contributed by atoms with E-state index in [0.717, 1.165) is 5.56 Å². The van der Waals surface area contributed by atoms with Gasteiger partial charge in [-0.2, -0.15) is 0 Å². The van der Waals surface area contributed by atoms with Gasteiger partial charge in [-0.3, -0.25) is 4.31 Å². The molecule has 0 unspecified atom stereocenters. The molecule has 0 bridgehead atoms. The first-order valence-electron chi connectivity index (χ1n) is 8.31. The van der Waals surface area contributed by atoms with Crippen LogP contribution in [0, 0.1) is 6.92 Å². The predicted octanol–water partition coefficient (Wildman–Crippen LogP) is 4.04. The first kappa shape index (κ1) is 18.7. The van der Waals surface area contributed by atoms with Gasteiger partial charge in [0.05, 0.1) is 16.1 Å². The Hall–Kier alpha value is -3.12. The zero-order chi connectivity index (χ0) is 19.4. The molecule has 138 valence electrons. The van der Waals surface area contributed by atoms with Crippen molar-refractivity contribution in [1.82, 2.24) is 0 Å². The van der Waals surface area contributed by atoms with Gasteiger partial charge in [0, 0.05) is 7.05 Å². The number of hydrogen-bond donors (Lipinski definition) is 0. The topological polar surface area (TPSA) is 63.7 Å². The monoisotopic (exact) mass is 381 g/mol. The number of nitrogens with zero attached hydrogens (tertiary/aromatic N) is 1. The molecule has 3 aromatic rings. The molecule has 0 saturated carbocycles. The number of carbonyl (C=O) groups is 1. The molecule has 3 rings (SSSR count). The summed E-state index contributed by atoms with van der Waals surface area (Å²) in [6, 6.07) is 21.6. The lowest BCUT2D eigenvalue weighted by Crippen LogP contribution is -2.26. The van der Waals surface area contributed by atoms with Crippen LogP contribution < -0.4 is 9.04 Å². The lowest BCUT2D eigenvalue weighted by atomic mass is 10.1. The zero-order valence-electron chi connectivity index (χ0n) is 15.0. The van der Waals surface area contributed by atoms with E-state index in [1.807, 2.05) is 19.1 Å². The number of benzene rings is 3. The number of sulfonamides is 1. The van der Waals surface area contributed by atoms with Gasteiger partial charge < -0.3 is 4.74 Å².